The van der Waals surface area contributed by atoms with E-state index in [0.717, 1.165) is 6.42 Å². The molecule has 0 spiro atoms. The standard InChI is InChI=1S/C8H14N2/c1-4-5-8-9(2)6-7-10(8)3/h4,6-8H,1,5H2,2-3H3. The molecule has 0 bridgehead atoms. The average Bonchev–Trinajstić information content (AvgIpc) is 2.20. The summed E-state index contributed by atoms with van der Waals surface area (Å²) in [7, 11) is 4.16. The van der Waals surface area contributed by atoms with Gasteiger partial charge in [-0.2, -0.15) is 0 Å². The lowest BCUT2D eigenvalue weighted by atomic mass is 10.3. The van der Waals surface area contributed by atoms with E-state index >= 15 is 0 Å². The minimum absolute atomic E-state index is 0.484. The molecule has 0 aromatic heterocycles. The summed E-state index contributed by atoms with van der Waals surface area (Å²) < 4.78 is 0. The first-order valence-electron chi connectivity index (χ1n) is 3.49. The van der Waals surface area contributed by atoms with E-state index in [4.69, 9.17) is 0 Å². The molecule has 1 heterocycles. The van der Waals surface area contributed by atoms with Gasteiger partial charge in [0.2, 0.25) is 0 Å². The van der Waals surface area contributed by atoms with Crippen LogP contribution in [0.2, 0.25) is 0 Å². The Morgan fingerprint density at radius 2 is 1.90 bits per heavy atom. The zero-order valence-corrected chi connectivity index (χ0v) is 6.62. The Labute approximate surface area is 62.4 Å². The monoisotopic (exact) mass is 138 g/mol. The van der Waals surface area contributed by atoms with Crippen molar-refractivity contribution < 1.29 is 0 Å². The van der Waals surface area contributed by atoms with E-state index in [-0.39, 0.29) is 0 Å². The molecule has 2 nitrogen and oxygen atoms in total. The molecule has 1 rings (SSSR count). The Balaban J connectivity index is 2.51. The second-order valence-electron chi connectivity index (χ2n) is 2.63. The molecule has 0 unspecified atom stereocenters. The van der Waals surface area contributed by atoms with Gasteiger partial charge in [0.1, 0.15) is 6.17 Å². The number of rotatable bonds is 2. The first kappa shape index (κ1) is 7.19. The molecule has 1 aliphatic heterocycles. The summed E-state index contributed by atoms with van der Waals surface area (Å²) >= 11 is 0. The van der Waals surface area contributed by atoms with Crippen molar-refractivity contribution in [3.05, 3.63) is 25.1 Å². The van der Waals surface area contributed by atoms with Gasteiger partial charge in [0.15, 0.2) is 0 Å². The van der Waals surface area contributed by atoms with E-state index in [1.165, 1.54) is 0 Å². The normalized spacial score (nSPS) is 18.6. The van der Waals surface area contributed by atoms with Gasteiger partial charge < -0.3 is 9.80 Å². The third-order valence-corrected chi connectivity index (χ3v) is 1.85. The molecule has 0 radical (unpaired) electrons. The molecule has 0 atom stereocenters. The van der Waals surface area contributed by atoms with Crippen LogP contribution < -0.4 is 0 Å². The zero-order chi connectivity index (χ0) is 7.56. The molecular formula is C8H14N2. The van der Waals surface area contributed by atoms with Crippen molar-refractivity contribution >= 4 is 0 Å². The van der Waals surface area contributed by atoms with Crippen LogP contribution in [-0.4, -0.2) is 30.1 Å². The highest BCUT2D eigenvalue weighted by molar-refractivity contribution is 4.95. The van der Waals surface area contributed by atoms with Crippen LogP contribution in [0.4, 0.5) is 0 Å². The maximum absolute atomic E-state index is 3.71. The van der Waals surface area contributed by atoms with Gasteiger partial charge in [0, 0.05) is 32.9 Å². The molecule has 0 aromatic carbocycles. The number of nitrogens with zero attached hydrogens (tertiary/aromatic N) is 2. The fourth-order valence-electron chi connectivity index (χ4n) is 1.18. The van der Waals surface area contributed by atoms with Crippen molar-refractivity contribution in [2.24, 2.45) is 0 Å². The molecule has 2 heteroatoms. The van der Waals surface area contributed by atoms with Crippen molar-refractivity contribution in [1.29, 1.82) is 0 Å². The molecule has 0 saturated heterocycles. The summed E-state index contributed by atoms with van der Waals surface area (Å²) in [6, 6.07) is 0. The molecule has 0 saturated carbocycles. The van der Waals surface area contributed by atoms with Crippen LogP contribution in [-0.2, 0) is 0 Å². The van der Waals surface area contributed by atoms with Crippen LogP contribution in [0.3, 0.4) is 0 Å². The predicted octanol–water partition coefficient (Wildman–Crippen LogP) is 1.24. The highest BCUT2D eigenvalue weighted by atomic mass is 15.4. The molecule has 1 aliphatic rings. The highest BCUT2D eigenvalue weighted by Crippen LogP contribution is 2.14. The van der Waals surface area contributed by atoms with Crippen LogP contribution >= 0.6 is 0 Å². The molecule has 10 heavy (non-hydrogen) atoms. The van der Waals surface area contributed by atoms with E-state index in [2.05, 4.69) is 42.9 Å². The molecule has 56 valence electrons. The smallest absolute Gasteiger partial charge is 0.104 e. The van der Waals surface area contributed by atoms with E-state index < -0.39 is 0 Å². The second-order valence-corrected chi connectivity index (χ2v) is 2.63. The highest BCUT2D eigenvalue weighted by Gasteiger charge is 2.17. The number of hydrogen-bond donors (Lipinski definition) is 0. The lowest BCUT2D eigenvalue weighted by molar-refractivity contribution is 0.208. The quantitative estimate of drug-likeness (QED) is 0.530. The minimum Gasteiger partial charge on any atom is -0.359 e. The fraction of sp³-hybridized carbons (Fsp3) is 0.500. The minimum atomic E-state index is 0.484. The maximum Gasteiger partial charge on any atom is 0.104 e. The lowest BCUT2D eigenvalue weighted by Gasteiger charge is -2.25. The van der Waals surface area contributed by atoms with E-state index in [9.17, 15) is 0 Å². The third kappa shape index (κ3) is 1.15. The van der Waals surface area contributed by atoms with Crippen molar-refractivity contribution in [2.75, 3.05) is 14.1 Å². The summed E-state index contributed by atoms with van der Waals surface area (Å²) in [6.07, 6.45) is 7.60. The molecule has 0 N–H and O–H groups in total. The molecule has 0 aliphatic carbocycles. The molecule has 0 amide bonds. The second kappa shape index (κ2) is 2.78. The van der Waals surface area contributed by atoms with Crippen LogP contribution in [0, 0.1) is 0 Å². The van der Waals surface area contributed by atoms with Gasteiger partial charge in [-0.3, -0.25) is 0 Å². The summed E-state index contributed by atoms with van der Waals surface area (Å²) in [4.78, 5) is 4.36. The Kier molecular flexibility index (Phi) is 2.00. The van der Waals surface area contributed by atoms with Gasteiger partial charge in [-0.15, -0.1) is 6.58 Å². The van der Waals surface area contributed by atoms with Crippen molar-refractivity contribution in [3.63, 3.8) is 0 Å². The van der Waals surface area contributed by atoms with Crippen molar-refractivity contribution in [2.45, 2.75) is 12.6 Å². The largest absolute Gasteiger partial charge is 0.359 e. The lowest BCUT2D eigenvalue weighted by Crippen LogP contribution is -2.33. The van der Waals surface area contributed by atoms with Gasteiger partial charge in [-0.25, -0.2) is 0 Å². The summed E-state index contributed by atoms with van der Waals surface area (Å²) in [5, 5.41) is 0. The molecule has 0 fully saturated rings. The SMILES string of the molecule is C=CCC1N(C)C=CN1C. The van der Waals surface area contributed by atoms with Crippen LogP contribution in [0.15, 0.2) is 25.1 Å². The van der Waals surface area contributed by atoms with Gasteiger partial charge in [-0.1, -0.05) is 6.08 Å². The van der Waals surface area contributed by atoms with Gasteiger partial charge in [0.25, 0.3) is 0 Å². The van der Waals surface area contributed by atoms with E-state index in [0.29, 0.717) is 6.17 Å². The molecular weight excluding hydrogens is 124 g/mol. The zero-order valence-electron chi connectivity index (χ0n) is 6.62. The van der Waals surface area contributed by atoms with Crippen molar-refractivity contribution in [3.8, 4) is 0 Å². The van der Waals surface area contributed by atoms with E-state index in [1.807, 2.05) is 6.08 Å². The van der Waals surface area contributed by atoms with Crippen LogP contribution in [0.1, 0.15) is 6.42 Å². The Morgan fingerprint density at radius 1 is 1.40 bits per heavy atom. The third-order valence-electron chi connectivity index (χ3n) is 1.85. The Bertz CT molecular complexity index is 139. The van der Waals surface area contributed by atoms with Gasteiger partial charge >= 0.3 is 0 Å². The topological polar surface area (TPSA) is 6.48 Å². The van der Waals surface area contributed by atoms with Crippen LogP contribution in [0.5, 0.6) is 0 Å². The summed E-state index contributed by atoms with van der Waals surface area (Å²) in [5.41, 5.74) is 0. The van der Waals surface area contributed by atoms with Gasteiger partial charge in [0.05, 0.1) is 0 Å². The average molecular weight is 138 g/mol. The predicted molar refractivity (Wildman–Crippen MR) is 43.3 cm³/mol. The fourth-order valence-corrected chi connectivity index (χ4v) is 1.18. The van der Waals surface area contributed by atoms with Gasteiger partial charge in [-0.05, 0) is 0 Å². The maximum atomic E-state index is 3.71. The van der Waals surface area contributed by atoms with E-state index in [1.54, 1.807) is 0 Å². The number of hydrogen-bond acceptors (Lipinski definition) is 2. The summed E-state index contributed by atoms with van der Waals surface area (Å²) in [5.74, 6) is 0. The first-order chi connectivity index (χ1) is 4.75. The Morgan fingerprint density at radius 3 is 2.30 bits per heavy atom. The molecule has 0 aromatic rings. The first-order valence-corrected chi connectivity index (χ1v) is 3.49. The van der Waals surface area contributed by atoms with Crippen molar-refractivity contribution in [1.82, 2.24) is 9.80 Å². The van der Waals surface area contributed by atoms with Crippen LogP contribution in [0.25, 0.3) is 0 Å². The Hall–Kier alpha value is -0.920. The summed E-state index contributed by atoms with van der Waals surface area (Å²) in [6.45, 7) is 3.71.